The number of benzene rings is 1. The van der Waals surface area contributed by atoms with Crippen LogP contribution in [0.15, 0.2) is 18.2 Å². The number of aromatic hydroxyl groups is 2. The molecule has 0 heterocycles. The van der Waals surface area contributed by atoms with Gasteiger partial charge in [-0.3, -0.25) is 0 Å². The Morgan fingerprint density at radius 3 is 2.26 bits per heavy atom. The van der Waals surface area contributed by atoms with E-state index < -0.39 is 18.0 Å². The second-order valence-electron chi connectivity index (χ2n) is 4.42. The minimum absolute atomic E-state index is 0.172. The van der Waals surface area contributed by atoms with Crippen molar-refractivity contribution in [3.63, 3.8) is 0 Å². The van der Waals surface area contributed by atoms with Gasteiger partial charge < -0.3 is 30.8 Å². The molecule has 1 aromatic rings. The van der Waals surface area contributed by atoms with E-state index in [1.807, 2.05) is 0 Å². The lowest BCUT2D eigenvalue weighted by Crippen LogP contribution is -2.22. The van der Waals surface area contributed by atoms with Crippen LogP contribution >= 0.6 is 11.8 Å². The number of carboxylic acid groups (broad SMARTS) is 2. The lowest BCUT2D eigenvalue weighted by Gasteiger charge is -2.12. The van der Waals surface area contributed by atoms with Crippen LogP contribution in [0.3, 0.4) is 0 Å². The smallest absolute Gasteiger partial charge is 0.414 e. The Labute approximate surface area is 137 Å². The first-order valence-electron chi connectivity index (χ1n) is 6.65. The van der Waals surface area contributed by atoms with Crippen LogP contribution < -0.4 is 5.32 Å². The number of phenols is 2. The molecule has 0 aliphatic carbocycles. The molecule has 1 aromatic carbocycles. The van der Waals surface area contributed by atoms with Crippen molar-refractivity contribution >= 4 is 23.7 Å². The Balaban J connectivity index is 0.000000688. The van der Waals surface area contributed by atoms with Crippen LogP contribution in [0.2, 0.25) is 0 Å². The highest BCUT2D eigenvalue weighted by Crippen LogP contribution is 2.27. The maximum absolute atomic E-state index is 9.83. The minimum Gasteiger partial charge on any atom is -0.504 e. The Morgan fingerprint density at radius 1 is 1.17 bits per heavy atom. The first kappa shape index (κ1) is 21.0. The second-order valence-corrected chi connectivity index (χ2v) is 5.41. The third kappa shape index (κ3) is 9.61. The molecular formula is C14H21NO7S. The molecule has 0 bridgehead atoms. The topological polar surface area (TPSA) is 147 Å². The summed E-state index contributed by atoms with van der Waals surface area (Å²) in [6.45, 7) is 1.31. The van der Waals surface area contributed by atoms with Crippen molar-refractivity contribution in [3.05, 3.63) is 23.8 Å². The Hall–Kier alpha value is -1.97. The van der Waals surface area contributed by atoms with Gasteiger partial charge in [-0.25, -0.2) is 9.59 Å². The SMILES string of the molecule is CSCCCNCC(O)c1ccc(O)c(O)c1.O=C(O)C(=O)O. The fourth-order valence-corrected chi connectivity index (χ4v) is 1.88. The molecule has 0 fully saturated rings. The number of thioether (sulfide) groups is 1. The molecule has 23 heavy (non-hydrogen) atoms. The van der Waals surface area contributed by atoms with Crippen molar-refractivity contribution in [3.8, 4) is 11.5 Å². The summed E-state index contributed by atoms with van der Waals surface area (Å²) in [5.74, 6) is -2.92. The molecule has 130 valence electrons. The van der Waals surface area contributed by atoms with Gasteiger partial charge in [0.2, 0.25) is 0 Å². The van der Waals surface area contributed by atoms with Crippen LogP contribution in [-0.2, 0) is 9.59 Å². The number of hydrogen-bond donors (Lipinski definition) is 6. The largest absolute Gasteiger partial charge is 0.504 e. The summed E-state index contributed by atoms with van der Waals surface area (Å²) >= 11 is 1.80. The highest BCUT2D eigenvalue weighted by atomic mass is 32.2. The molecule has 9 heteroatoms. The van der Waals surface area contributed by atoms with E-state index in [4.69, 9.17) is 24.9 Å². The van der Waals surface area contributed by atoms with Crippen molar-refractivity contribution in [2.75, 3.05) is 25.1 Å². The van der Waals surface area contributed by atoms with Crippen LogP contribution in [0.5, 0.6) is 11.5 Å². The van der Waals surface area contributed by atoms with Gasteiger partial charge in [0, 0.05) is 6.54 Å². The third-order valence-electron chi connectivity index (χ3n) is 2.61. The fourth-order valence-electron chi connectivity index (χ4n) is 1.45. The van der Waals surface area contributed by atoms with E-state index in [1.54, 1.807) is 17.8 Å². The Bertz CT molecular complexity index is 498. The number of nitrogens with one attached hydrogen (secondary N) is 1. The molecule has 0 aromatic heterocycles. The number of carboxylic acids is 2. The molecule has 0 aliphatic rings. The van der Waals surface area contributed by atoms with Gasteiger partial charge >= 0.3 is 11.9 Å². The predicted octanol–water partition coefficient (Wildman–Crippen LogP) is 0.629. The third-order valence-corrected chi connectivity index (χ3v) is 3.30. The summed E-state index contributed by atoms with van der Waals surface area (Å²) < 4.78 is 0. The summed E-state index contributed by atoms with van der Waals surface area (Å²) in [7, 11) is 0. The predicted molar refractivity (Wildman–Crippen MR) is 85.9 cm³/mol. The highest BCUT2D eigenvalue weighted by molar-refractivity contribution is 7.98. The molecule has 0 amide bonds. The van der Waals surface area contributed by atoms with Crippen molar-refractivity contribution in [2.45, 2.75) is 12.5 Å². The first-order chi connectivity index (χ1) is 10.8. The quantitative estimate of drug-likeness (QED) is 0.237. The van der Waals surface area contributed by atoms with Crippen molar-refractivity contribution < 1.29 is 35.1 Å². The number of aliphatic hydroxyl groups excluding tert-OH is 1. The zero-order chi connectivity index (χ0) is 17.8. The van der Waals surface area contributed by atoms with Crippen LogP contribution in [0, 0.1) is 0 Å². The first-order valence-corrected chi connectivity index (χ1v) is 8.04. The lowest BCUT2D eigenvalue weighted by molar-refractivity contribution is -0.159. The van der Waals surface area contributed by atoms with E-state index in [-0.39, 0.29) is 11.5 Å². The zero-order valence-electron chi connectivity index (χ0n) is 12.6. The van der Waals surface area contributed by atoms with Gasteiger partial charge in [0.05, 0.1) is 6.10 Å². The Morgan fingerprint density at radius 2 is 1.78 bits per heavy atom. The number of hydrogen-bond acceptors (Lipinski definition) is 7. The lowest BCUT2D eigenvalue weighted by atomic mass is 10.1. The average Bonchev–Trinajstić information content (AvgIpc) is 2.50. The van der Waals surface area contributed by atoms with E-state index in [0.717, 1.165) is 18.7 Å². The molecule has 0 saturated heterocycles. The van der Waals surface area contributed by atoms with Gasteiger partial charge in [0.15, 0.2) is 11.5 Å². The zero-order valence-corrected chi connectivity index (χ0v) is 13.4. The molecule has 0 spiro atoms. The molecule has 6 N–H and O–H groups in total. The van der Waals surface area contributed by atoms with Gasteiger partial charge in [-0.15, -0.1) is 0 Å². The minimum atomic E-state index is -1.82. The van der Waals surface area contributed by atoms with E-state index in [1.165, 1.54) is 12.1 Å². The van der Waals surface area contributed by atoms with Gasteiger partial charge in [0.25, 0.3) is 0 Å². The van der Waals surface area contributed by atoms with E-state index in [9.17, 15) is 10.2 Å². The maximum Gasteiger partial charge on any atom is 0.414 e. The number of carbonyl (C=O) groups is 2. The second kappa shape index (κ2) is 11.6. The van der Waals surface area contributed by atoms with Crippen molar-refractivity contribution in [1.82, 2.24) is 5.32 Å². The van der Waals surface area contributed by atoms with Crippen molar-refractivity contribution in [2.24, 2.45) is 0 Å². The van der Waals surface area contributed by atoms with E-state index in [0.29, 0.717) is 12.1 Å². The molecule has 8 nitrogen and oxygen atoms in total. The highest BCUT2D eigenvalue weighted by Gasteiger charge is 2.09. The summed E-state index contributed by atoms with van der Waals surface area (Å²) in [5, 5.41) is 46.2. The summed E-state index contributed by atoms with van der Waals surface area (Å²) in [4.78, 5) is 18.2. The summed E-state index contributed by atoms with van der Waals surface area (Å²) in [5.41, 5.74) is 0.595. The standard InChI is InChI=1S/C12H19NO3S.C2H2O4/c1-17-6-2-5-13-8-12(16)9-3-4-10(14)11(15)7-9;3-1(4)2(5)6/h3-4,7,12-16H,2,5-6,8H2,1H3;(H,3,4)(H,5,6). The number of phenolic OH excluding ortho intramolecular Hbond substituents is 2. The monoisotopic (exact) mass is 347 g/mol. The average molecular weight is 347 g/mol. The Kier molecular flexibility index (Phi) is 10.6. The molecule has 1 rings (SSSR count). The molecule has 0 aliphatic heterocycles. The van der Waals surface area contributed by atoms with Crippen LogP contribution in [0.1, 0.15) is 18.1 Å². The van der Waals surface area contributed by atoms with Gasteiger partial charge in [-0.1, -0.05) is 6.07 Å². The van der Waals surface area contributed by atoms with Crippen LogP contribution in [0.25, 0.3) is 0 Å². The fraction of sp³-hybridized carbons (Fsp3) is 0.429. The normalized spacial score (nSPS) is 11.2. The van der Waals surface area contributed by atoms with Gasteiger partial charge in [0.1, 0.15) is 0 Å². The van der Waals surface area contributed by atoms with Crippen molar-refractivity contribution in [1.29, 1.82) is 0 Å². The maximum atomic E-state index is 9.83. The number of rotatable bonds is 7. The van der Waals surface area contributed by atoms with E-state index in [2.05, 4.69) is 11.6 Å². The van der Waals surface area contributed by atoms with Crippen LogP contribution in [-0.4, -0.2) is 62.6 Å². The molecular weight excluding hydrogens is 326 g/mol. The molecule has 1 unspecified atom stereocenters. The summed E-state index contributed by atoms with van der Waals surface area (Å²) in [6.07, 6.45) is 2.46. The number of aliphatic carboxylic acids is 2. The summed E-state index contributed by atoms with van der Waals surface area (Å²) in [6, 6.07) is 4.36. The molecule has 0 saturated carbocycles. The van der Waals surface area contributed by atoms with Gasteiger partial charge in [-0.05, 0) is 42.7 Å². The van der Waals surface area contributed by atoms with Gasteiger partial charge in [-0.2, -0.15) is 11.8 Å². The van der Waals surface area contributed by atoms with E-state index >= 15 is 0 Å². The number of aliphatic hydroxyl groups is 1. The molecule has 0 radical (unpaired) electrons. The molecule has 1 atom stereocenters. The van der Waals surface area contributed by atoms with Crippen LogP contribution in [0.4, 0.5) is 0 Å².